The maximum atomic E-state index is 9.28. The molecular formula is C5H12N2O. The van der Waals surface area contributed by atoms with Crippen LogP contribution in [0.5, 0.6) is 0 Å². The quantitative estimate of drug-likeness (QED) is 0.367. The number of aliphatic hydroxyl groups is 1. The van der Waals surface area contributed by atoms with Gasteiger partial charge in [0.15, 0.2) is 0 Å². The third-order valence-corrected chi connectivity index (χ3v) is 1.65. The zero-order valence-corrected chi connectivity index (χ0v) is 5.02. The van der Waals surface area contributed by atoms with Gasteiger partial charge in [0, 0.05) is 19.1 Å². The summed E-state index contributed by atoms with van der Waals surface area (Å²) in [5, 5.41) is 12.3. The monoisotopic (exact) mass is 116 g/mol. The van der Waals surface area contributed by atoms with Crippen molar-refractivity contribution in [2.24, 2.45) is 5.73 Å². The molecule has 0 spiro atoms. The summed E-state index contributed by atoms with van der Waals surface area (Å²) in [6.45, 7) is 3.10. The van der Waals surface area contributed by atoms with E-state index < -0.39 is 5.60 Å². The Bertz CT molecular complexity index is 92.4. The molecule has 8 heavy (non-hydrogen) atoms. The van der Waals surface area contributed by atoms with Crippen molar-refractivity contribution >= 4 is 0 Å². The van der Waals surface area contributed by atoms with Crippen LogP contribution in [-0.4, -0.2) is 29.8 Å². The lowest BCUT2D eigenvalue weighted by Crippen LogP contribution is -2.43. The Morgan fingerprint density at radius 3 is 2.62 bits per heavy atom. The van der Waals surface area contributed by atoms with Gasteiger partial charge >= 0.3 is 0 Å². The van der Waals surface area contributed by atoms with Crippen LogP contribution in [0.3, 0.4) is 0 Å². The number of rotatable bonds is 0. The SMILES string of the molecule is CC1(O)CNCC1N. The summed E-state index contributed by atoms with van der Waals surface area (Å²) in [6, 6.07) is -0.0949. The average Bonchev–Trinajstić information content (AvgIpc) is 1.86. The van der Waals surface area contributed by atoms with Gasteiger partial charge in [-0.3, -0.25) is 0 Å². The van der Waals surface area contributed by atoms with Crippen molar-refractivity contribution in [3.05, 3.63) is 0 Å². The highest BCUT2D eigenvalue weighted by Crippen LogP contribution is 2.10. The molecule has 1 rings (SSSR count). The summed E-state index contributed by atoms with van der Waals surface area (Å²) in [4.78, 5) is 0. The molecule has 0 saturated carbocycles. The Kier molecular flexibility index (Phi) is 1.27. The van der Waals surface area contributed by atoms with Crippen LogP contribution in [0.25, 0.3) is 0 Å². The molecule has 0 aromatic heterocycles. The third-order valence-electron chi connectivity index (χ3n) is 1.65. The van der Waals surface area contributed by atoms with Crippen molar-refractivity contribution in [1.82, 2.24) is 5.32 Å². The molecular weight excluding hydrogens is 104 g/mol. The number of β-amino-alcohol motifs (C(OH)–C–C–N with tert-alkyl or cyclic N) is 1. The van der Waals surface area contributed by atoms with Gasteiger partial charge in [-0.25, -0.2) is 0 Å². The number of nitrogens with one attached hydrogen (secondary N) is 1. The van der Waals surface area contributed by atoms with E-state index in [1.807, 2.05) is 0 Å². The van der Waals surface area contributed by atoms with Crippen LogP contribution in [-0.2, 0) is 0 Å². The Morgan fingerprint density at radius 2 is 2.50 bits per heavy atom. The molecule has 48 valence electrons. The molecule has 1 aliphatic heterocycles. The highest BCUT2D eigenvalue weighted by Gasteiger charge is 2.33. The molecule has 2 atom stereocenters. The van der Waals surface area contributed by atoms with Gasteiger partial charge in [0.2, 0.25) is 0 Å². The van der Waals surface area contributed by atoms with Crippen LogP contribution in [0.4, 0.5) is 0 Å². The predicted octanol–water partition coefficient (Wildman–Crippen LogP) is -1.33. The lowest BCUT2D eigenvalue weighted by Gasteiger charge is -2.19. The molecule has 4 N–H and O–H groups in total. The summed E-state index contributed by atoms with van der Waals surface area (Å²) in [6.07, 6.45) is 0. The Morgan fingerprint density at radius 1 is 1.88 bits per heavy atom. The van der Waals surface area contributed by atoms with Crippen molar-refractivity contribution < 1.29 is 5.11 Å². The number of hydrogen-bond donors (Lipinski definition) is 3. The molecule has 0 aromatic carbocycles. The minimum absolute atomic E-state index is 0.0949. The lowest BCUT2D eigenvalue weighted by molar-refractivity contribution is 0.0660. The van der Waals surface area contributed by atoms with E-state index in [4.69, 9.17) is 5.73 Å². The molecule has 3 heteroatoms. The fourth-order valence-corrected chi connectivity index (χ4v) is 0.832. The standard InChI is InChI=1S/C5H12N2O/c1-5(8)3-7-2-4(5)6/h4,7-8H,2-3,6H2,1H3. The van der Waals surface area contributed by atoms with E-state index >= 15 is 0 Å². The zero-order valence-electron chi connectivity index (χ0n) is 5.02. The first kappa shape index (κ1) is 6.01. The second-order valence-electron chi connectivity index (χ2n) is 2.59. The van der Waals surface area contributed by atoms with Gasteiger partial charge in [0.05, 0.1) is 5.60 Å². The highest BCUT2D eigenvalue weighted by atomic mass is 16.3. The fraction of sp³-hybridized carbons (Fsp3) is 1.00. The first-order valence-corrected chi connectivity index (χ1v) is 2.81. The molecule has 3 nitrogen and oxygen atoms in total. The first-order valence-electron chi connectivity index (χ1n) is 2.81. The largest absolute Gasteiger partial charge is 0.387 e. The second-order valence-corrected chi connectivity index (χ2v) is 2.59. The van der Waals surface area contributed by atoms with Gasteiger partial charge in [-0.15, -0.1) is 0 Å². The topological polar surface area (TPSA) is 58.3 Å². The minimum Gasteiger partial charge on any atom is -0.387 e. The number of nitrogens with two attached hydrogens (primary N) is 1. The Balaban J connectivity index is 2.54. The first-order chi connectivity index (χ1) is 3.63. The molecule has 1 fully saturated rings. The molecule has 0 radical (unpaired) electrons. The maximum absolute atomic E-state index is 9.28. The van der Waals surface area contributed by atoms with Crippen molar-refractivity contribution in [1.29, 1.82) is 0 Å². The smallest absolute Gasteiger partial charge is 0.0905 e. The van der Waals surface area contributed by atoms with Crippen LogP contribution in [0.1, 0.15) is 6.92 Å². The van der Waals surface area contributed by atoms with Gasteiger partial charge in [-0.2, -0.15) is 0 Å². The molecule has 1 heterocycles. The summed E-state index contributed by atoms with van der Waals surface area (Å²) in [5.74, 6) is 0. The summed E-state index contributed by atoms with van der Waals surface area (Å²) in [7, 11) is 0. The van der Waals surface area contributed by atoms with Crippen LogP contribution in [0.15, 0.2) is 0 Å². The van der Waals surface area contributed by atoms with E-state index in [9.17, 15) is 5.11 Å². The van der Waals surface area contributed by atoms with Gasteiger partial charge in [0.1, 0.15) is 0 Å². The van der Waals surface area contributed by atoms with Gasteiger partial charge in [-0.05, 0) is 6.92 Å². The van der Waals surface area contributed by atoms with Crippen molar-refractivity contribution in [2.45, 2.75) is 18.6 Å². The molecule has 0 aliphatic carbocycles. The molecule has 0 bridgehead atoms. The van der Waals surface area contributed by atoms with E-state index in [-0.39, 0.29) is 6.04 Å². The average molecular weight is 116 g/mol. The van der Waals surface area contributed by atoms with Crippen LogP contribution < -0.4 is 11.1 Å². The highest BCUT2D eigenvalue weighted by molar-refractivity contribution is 4.94. The predicted molar refractivity (Wildman–Crippen MR) is 31.5 cm³/mol. The van der Waals surface area contributed by atoms with E-state index in [0.29, 0.717) is 6.54 Å². The summed E-state index contributed by atoms with van der Waals surface area (Å²) >= 11 is 0. The Labute approximate surface area is 48.9 Å². The lowest BCUT2D eigenvalue weighted by atomic mass is 10.0. The fourth-order valence-electron chi connectivity index (χ4n) is 0.832. The molecule has 1 saturated heterocycles. The summed E-state index contributed by atoms with van der Waals surface area (Å²) < 4.78 is 0. The van der Waals surface area contributed by atoms with E-state index in [1.165, 1.54) is 0 Å². The normalized spacial score (nSPS) is 47.6. The van der Waals surface area contributed by atoms with Crippen molar-refractivity contribution in [2.75, 3.05) is 13.1 Å². The van der Waals surface area contributed by atoms with Crippen LogP contribution in [0, 0.1) is 0 Å². The summed E-state index contributed by atoms with van der Waals surface area (Å²) in [5.41, 5.74) is 4.82. The van der Waals surface area contributed by atoms with Gasteiger partial charge < -0.3 is 16.2 Å². The maximum Gasteiger partial charge on any atom is 0.0905 e. The molecule has 1 aliphatic rings. The second kappa shape index (κ2) is 1.69. The van der Waals surface area contributed by atoms with E-state index in [0.717, 1.165) is 6.54 Å². The van der Waals surface area contributed by atoms with Crippen molar-refractivity contribution in [3.8, 4) is 0 Å². The molecule has 2 unspecified atom stereocenters. The zero-order chi connectivity index (χ0) is 6.20. The van der Waals surface area contributed by atoms with E-state index in [1.54, 1.807) is 6.92 Å². The molecule has 0 aromatic rings. The van der Waals surface area contributed by atoms with E-state index in [2.05, 4.69) is 5.32 Å². The molecule has 0 amide bonds. The van der Waals surface area contributed by atoms with Crippen molar-refractivity contribution in [3.63, 3.8) is 0 Å². The van der Waals surface area contributed by atoms with Gasteiger partial charge in [0.25, 0.3) is 0 Å². The Hall–Kier alpha value is -0.120. The van der Waals surface area contributed by atoms with Crippen LogP contribution in [0.2, 0.25) is 0 Å². The third kappa shape index (κ3) is 0.844. The van der Waals surface area contributed by atoms with Crippen LogP contribution >= 0.6 is 0 Å². The minimum atomic E-state index is -0.681. The van der Waals surface area contributed by atoms with Gasteiger partial charge in [-0.1, -0.05) is 0 Å². The number of hydrogen-bond acceptors (Lipinski definition) is 3.